The molecule has 2 unspecified atom stereocenters. The van der Waals surface area contributed by atoms with Gasteiger partial charge in [-0.25, -0.2) is 8.42 Å². The number of amides is 1. The van der Waals surface area contributed by atoms with Crippen molar-refractivity contribution < 1.29 is 13.2 Å². The van der Waals surface area contributed by atoms with Gasteiger partial charge in [-0.05, 0) is 60.9 Å². The third-order valence-electron chi connectivity index (χ3n) is 5.49. The number of sulfonamides is 1. The number of nitrogens with zero attached hydrogens (tertiary/aromatic N) is 2. The van der Waals surface area contributed by atoms with Crippen LogP contribution in [0.4, 0.5) is 11.4 Å². The van der Waals surface area contributed by atoms with E-state index in [1.54, 1.807) is 17.5 Å². The molecule has 8 heteroatoms. The molecular formula is C20H25N3O3S2. The molecule has 2 aliphatic heterocycles. The molecule has 1 aromatic carbocycles. The second-order valence-corrected chi connectivity index (χ2v) is 10.6. The van der Waals surface area contributed by atoms with E-state index in [4.69, 9.17) is 0 Å². The molecule has 0 bridgehead atoms. The molecule has 3 heterocycles. The Bertz CT molecular complexity index is 926. The Balaban J connectivity index is 1.44. The van der Waals surface area contributed by atoms with Crippen molar-refractivity contribution in [1.29, 1.82) is 0 Å². The van der Waals surface area contributed by atoms with Crippen LogP contribution < -0.4 is 10.2 Å². The van der Waals surface area contributed by atoms with Crippen LogP contribution in [0.2, 0.25) is 0 Å². The van der Waals surface area contributed by atoms with E-state index in [0.717, 1.165) is 18.8 Å². The van der Waals surface area contributed by atoms with Gasteiger partial charge in [0.25, 0.3) is 10.0 Å². The maximum atomic E-state index is 12.8. The van der Waals surface area contributed by atoms with Gasteiger partial charge in [-0.2, -0.15) is 4.31 Å². The molecule has 28 heavy (non-hydrogen) atoms. The van der Waals surface area contributed by atoms with Crippen LogP contribution in [-0.4, -0.2) is 44.3 Å². The first-order chi connectivity index (χ1) is 13.4. The fraction of sp³-hybridized carbons (Fsp3) is 0.450. The van der Waals surface area contributed by atoms with Crippen molar-refractivity contribution in [3.05, 3.63) is 41.8 Å². The molecule has 0 aliphatic carbocycles. The minimum Gasteiger partial charge on any atom is -0.371 e. The van der Waals surface area contributed by atoms with Gasteiger partial charge in [0.15, 0.2) is 0 Å². The zero-order valence-electron chi connectivity index (χ0n) is 15.9. The van der Waals surface area contributed by atoms with Gasteiger partial charge in [0.1, 0.15) is 10.3 Å². The second-order valence-electron chi connectivity index (χ2n) is 7.58. The molecule has 2 atom stereocenters. The Labute approximate surface area is 170 Å². The summed E-state index contributed by atoms with van der Waals surface area (Å²) in [6.45, 7) is 4.75. The van der Waals surface area contributed by atoms with E-state index in [1.165, 1.54) is 22.1 Å². The summed E-state index contributed by atoms with van der Waals surface area (Å²) >= 11 is 1.18. The highest BCUT2D eigenvalue weighted by Gasteiger charge is 2.39. The molecule has 0 spiro atoms. The summed E-state index contributed by atoms with van der Waals surface area (Å²) in [6, 6.07) is 10.5. The maximum absolute atomic E-state index is 12.8. The van der Waals surface area contributed by atoms with E-state index in [1.807, 2.05) is 24.3 Å². The number of anilines is 2. The molecule has 2 aromatic rings. The Morgan fingerprint density at radius 3 is 2.57 bits per heavy atom. The average molecular weight is 420 g/mol. The predicted molar refractivity (Wildman–Crippen MR) is 112 cm³/mol. The highest BCUT2D eigenvalue weighted by Crippen LogP contribution is 2.30. The molecule has 1 N–H and O–H groups in total. The molecule has 0 saturated carbocycles. The number of hydrogen-bond donors (Lipinski definition) is 1. The minimum atomic E-state index is -3.62. The zero-order valence-corrected chi connectivity index (χ0v) is 17.5. The maximum Gasteiger partial charge on any atom is 0.253 e. The first-order valence-electron chi connectivity index (χ1n) is 9.66. The van der Waals surface area contributed by atoms with Crippen LogP contribution in [0, 0.1) is 5.92 Å². The summed E-state index contributed by atoms with van der Waals surface area (Å²) < 4.78 is 27.3. The summed E-state index contributed by atoms with van der Waals surface area (Å²) in [5, 5.41) is 4.63. The van der Waals surface area contributed by atoms with Crippen LogP contribution in [0.1, 0.15) is 26.2 Å². The van der Waals surface area contributed by atoms with Crippen LogP contribution in [0.5, 0.6) is 0 Å². The fourth-order valence-electron chi connectivity index (χ4n) is 3.97. The van der Waals surface area contributed by atoms with Crippen molar-refractivity contribution in [2.75, 3.05) is 29.9 Å². The number of carbonyl (C=O) groups is 1. The molecule has 2 fully saturated rings. The first-order valence-corrected chi connectivity index (χ1v) is 12.0. The summed E-state index contributed by atoms with van der Waals surface area (Å²) in [5.41, 5.74) is 1.85. The lowest BCUT2D eigenvalue weighted by atomic mass is 10.2. The van der Waals surface area contributed by atoms with E-state index >= 15 is 0 Å². The van der Waals surface area contributed by atoms with Crippen molar-refractivity contribution in [3.63, 3.8) is 0 Å². The summed E-state index contributed by atoms with van der Waals surface area (Å²) in [4.78, 5) is 15.2. The average Bonchev–Trinajstić information content (AvgIpc) is 3.43. The number of benzene rings is 1. The molecule has 1 amide bonds. The molecule has 1 aromatic heterocycles. The van der Waals surface area contributed by atoms with Gasteiger partial charge in [0, 0.05) is 31.0 Å². The smallest absolute Gasteiger partial charge is 0.253 e. The molecule has 2 saturated heterocycles. The number of carbonyl (C=O) groups excluding carboxylic acids is 1. The largest absolute Gasteiger partial charge is 0.371 e. The number of rotatable bonds is 5. The summed E-state index contributed by atoms with van der Waals surface area (Å²) in [7, 11) is -3.62. The normalized spacial score (nSPS) is 23.2. The van der Waals surface area contributed by atoms with Gasteiger partial charge in [0.05, 0.1) is 0 Å². The highest BCUT2D eigenvalue weighted by atomic mass is 32.2. The molecular weight excluding hydrogens is 394 g/mol. The van der Waals surface area contributed by atoms with E-state index in [-0.39, 0.29) is 10.1 Å². The number of thiophene rings is 1. The molecule has 150 valence electrons. The van der Waals surface area contributed by atoms with Crippen molar-refractivity contribution in [2.45, 2.75) is 36.4 Å². The number of nitrogens with one attached hydrogen (secondary N) is 1. The first kappa shape index (κ1) is 19.4. The van der Waals surface area contributed by atoms with E-state index in [0.29, 0.717) is 31.0 Å². The third-order valence-corrected chi connectivity index (χ3v) is 8.77. The fourth-order valence-corrected chi connectivity index (χ4v) is 6.74. The SMILES string of the molecule is CC1CCN(c2ccc(NC(=O)C3CCCN3S(=O)(=O)c3cccs3)cc2)C1. The zero-order chi connectivity index (χ0) is 19.7. The highest BCUT2D eigenvalue weighted by molar-refractivity contribution is 7.91. The monoisotopic (exact) mass is 419 g/mol. The Kier molecular flexibility index (Phi) is 5.44. The summed E-state index contributed by atoms with van der Waals surface area (Å²) in [6.07, 6.45) is 2.43. The topological polar surface area (TPSA) is 69.7 Å². The quantitative estimate of drug-likeness (QED) is 0.807. The van der Waals surface area contributed by atoms with Gasteiger partial charge in [-0.3, -0.25) is 4.79 Å². The standard InChI is InChI=1S/C20H25N3O3S2/c1-15-10-12-22(14-15)17-8-6-16(7-9-17)21-20(24)18-4-2-11-23(18)28(25,26)19-5-3-13-27-19/h3,5-9,13,15,18H,2,4,10-12,14H2,1H3,(H,21,24). The predicted octanol–water partition coefficient (Wildman–Crippen LogP) is 3.39. The Morgan fingerprint density at radius 1 is 1.14 bits per heavy atom. The van der Waals surface area contributed by atoms with Crippen LogP contribution >= 0.6 is 11.3 Å². The molecule has 2 aliphatic rings. The van der Waals surface area contributed by atoms with Gasteiger partial charge in [-0.1, -0.05) is 13.0 Å². The third kappa shape index (κ3) is 3.81. The summed E-state index contributed by atoms with van der Waals surface area (Å²) in [5.74, 6) is 0.443. The van der Waals surface area contributed by atoms with Crippen molar-refractivity contribution in [2.24, 2.45) is 5.92 Å². The van der Waals surface area contributed by atoms with Crippen molar-refractivity contribution >= 4 is 38.6 Å². The van der Waals surface area contributed by atoms with Crippen molar-refractivity contribution in [1.82, 2.24) is 4.31 Å². The lowest BCUT2D eigenvalue weighted by molar-refractivity contribution is -0.119. The van der Waals surface area contributed by atoms with Gasteiger partial charge < -0.3 is 10.2 Å². The molecule has 4 rings (SSSR count). The van der Waals surface area contributed by atoms with Gasteiger partial charge >= 0.3 is 0 Å². The second kappa shape index (κ2) is 7.85. The van der Waals surface area contributed by atoms with E-state index in [9.17, 15) is 13.2 Å². The lowest BCUT2D eigenvalue weighted by Gasteiger charge is -2.23. The molecule has 0 radical (unpaired) electrons. The van der Waals surface area contributed by atoms with E-state index < -0.39 is 16.1 Å². The van der Waals surface area contributed by atoms with Crippen molar-refractivity contribution in [3.8, 4) is 0 Å². The Hall–Kier alpha value is -1.90. The Morgan fingerprint density at radius 2 is 1.93 bits per heavy atom. The van der Waals surface area contributed by atoms with Crippen LogP contribution in [-0.2, 0) is 14.8 Å². The van der Waals surface area contributed by atoms with Crippen LogP contribution in [0.3, 0.4) is 0 Å². The number of hydrogen-bond acceptors (Lipinski definition) is 5. The molecule has 6 nitrogen and oxygen atoms in total. The minimum absolute atomic E-state index is 0.264. The van der Waals surface area contributed by atoms with Gasteiger partial charge in [-0.15, -0.1) is 11.3 Å². The van der Waals surface area contributed by atoms with Crippen LogP contribution in [0.25, 0.3) is 0 Å². The lowest BCUT2D eigenvalue weighted by Crippen LogP contribution is -2.42. The van der Waals surface area contributed by atoms with E-state index in [2.05, 4.69) is 17.1 Å². The van der Waals surface area contributed by atoms with Gasteiger partial charge in [0.2, 0.25) is 5.91 Å². The van der Waals surface area contributed by atoms with Crippen LogP contribution in [0.15, 0.2) is 46.0 Å².